The lowest BCUT2D eigenvalue weighted by atomic mass is 10.1. The molecule has 0 atom stereocenters. The minimum Gasteiger partial charge on any atom is -0.494 e. The van der Waals surface area contributed by atoms with Crippen molar-refractivity contribution in [2.45, 2.75) is 19.8 Å². The van der Waals surface area contributed by atoms with E-state index in [0.717, 1.165) is 23.4 Å². The fraction of sp³-hybridized carbons (Fsp3) is 0.211. The molecule has 0 amide bonds. The van der Waals surface area contributed by atoms with Crippen molar-refractivity contribution in [2.75, 3.05) is 11.9 Å². The number of H-pyrrole nitrogens is 1. The van der Waals surface area contributed by atoms with Crippen molar-refractivity contribution in [1.29, 1.82) is 0 Å². The Balaban J connectivity index is 1.71. The number of hydrogen-bond acceptors (Lipinski definition) is 5. The van der Waals surface area contributed by atoms with Crippen molar-refractivity contribution < 1.29 is 9.13 Å². The summed E-state index contributed by atoms with van der Waals surface area (Å²) >= 11 is 0. The van der Waals surface area contributed by atoms with Gasteiger partial charge < -0.3 is 10.1 Å². The maximum atomic E-state index is 12.9. The van der Waals surface area contributed by atoms with Crippen LogP contribution in [0.2, 0.25) is 0 Å². The Hall–Kier alpha value is -3.22. The summed E-state index contributed by atoms with van der Waals surface area (Å²) in [6.07, 6.45) is 1.20. The van der Waals surface area contributed by atoms with Crippen LogP contribution in [0, 0.1) is 5.82 Å². The predicted molar refractivity (Wildman–Crippen MR) is 97.4 cm³/mol. The van der Waals surface area contributed by atoms with Gasteiger partial charge in [0.05, 0.1) is 6.61 Å². The molecule has 1 aromatic heterocycles. The molecule has 0 aliphatic rings. The normalized spacial score (nSPS) is 10.5. The number of nitrogens with zero attached hydrogens (tertiary/aromatic N) is 2. The molecule has 0 unspecified atom stereocenters. The lowest BCUT2D eigenvalue weighted by Gasteiger charge is -2.08. The van der Waals surface area contributed by atoms with Gasteiger partial charge in [-0.25, -0.2) is 4.39 Å². The second kappa shape index (κ2) is 8.24. The van der Waals surface area contributed by atoms with Crippen LogP contribution in [0.5, 0.6) is 5.75 Å². The summed E-state index contributed by atoms with van der Waals surface area (Å²) in [6.45, 7) is 2.67. The highest BCUT2D eigenvalue weighted by molar-refractivity contribution is 5.55. The predicted octanol–water partition coefficient (Wildman–Crippen LogP) is 3.43. The van der Waals surface area contributed by atoms with E-state index < -0.39 is 0 Å². The molecule has 1 heterocycles. The number of ether oxygens (including phenoxy) is 1. The highest BCUT2D eigenvalue weighted by Gasteiger charge is 2.07. The molecule has 3 rings (SSSR count). The number of halogens is 1. The van der Waals surface area contributed by atoms with Gasteiger partial charge in [0.15, 0.2) is 0 Å². The number of rotatable bonds is 7. The van der Waals surface area contributed by atoms with Crippen molar-refractivity contribution in [2.24, 2.45) is 0 Å². The Morgan fingerprint density at radius 2 is 1.96 bits per heavy atom. The van der Waals surface area contributed by atoms with Crippen molar-refractivity contribution in [1.82, 2.24) is 15.2 Å². The number of aromatic amines is 1. The second-order valence-corrected chi connectivity index (χ2v) is 5.75. The Morgan fingerprint density at radius 1 is 1.15 bits per heavy atom. The molecular weight excluding hydrogens is 335 g/mol. The van der Waals surface area contributed by atoms with Crippen LogP contribution in [0.4, 0.5) is 16.0 Å². The van der Waals surface area contributed by atoms with Crippen molar-refractivity contribution in [3.05, 3.63) is 76.0 Å². The Labute approximate surface area is 150 Å². The summed E-state index contributed by atoms with van der Waals surface area (Å²) in [5, 5.41) is 11.0. The summed E-state index contributed by atoms with van der Waals surface area (Å²) in [6, 6.07) is 13.3. The molecule has 2 aromatic carbocycles. The first-order valence-electron chi connectivity index (χ1n) is 8.34. The lowest BCUT2D eigenvalue weighted by molar-refractivity contribution is 0.317. The smallest absolute Gasteiger partial charge is 0.274 e. The van der Waals surface area contributed by atoms with E-state index >= 15 is 0 Å². The highest BCUT2D eigenvalue weighted by atomic mass is 19.1. The number of anilines is 2. The minimum atomic E-state index is -0.342. The Bertz CT molecular complexity index is 925. The first kappa shape index (κ1) is 17.6. The van der Waals surface area contributed by atoms with Gasteiger partial charge in [-0.1, -0.05) is 25.1 Å². The van der Waals surface area contributed by atoms with Crippen LogP contribution in [0.25, 0.3) is 0 Å². The van der Waals surface area contributed by atoms with E-state index in [1.807, 2.05) is 31.2 Å². The van der Waals surface area contributed by atoms with Gasteiger partial charge in [-0.2, -0.15) is 0 Å². The lowest BCUT2D eigenvalue weighted by Crippen LogP contribution is -2.18. The molecule has 0 aliphatic carbocycles. The van der Waals surface area contributed by atoms with Gasteiger partial charge >= 0.3 is 0 Å². The van der Waals surface area contributed by atoms with E-state index in [1.165, 1.54) is 12.1 Å². The molecule has 0 bridgehead atoms. The number of hydrogen-bond donors (Lipinski definition) is 2. The van der Waals surface area contributed by atoms with E-state index in [0.29, 0.717) is 6.61 Å². The van der Waals surface area contributed by atoms with Crippen LogP contribution in [0.3, 0.4) is 0 Å². The number of aromatic nitrogens is 3. The van der Waals surface area contributed by atoms with Gasteiger partial charge in [-0.05, 0) is 36.2 Å². The molecule has 2 N–H and O–H groups in total. The van der Waals surface area contributed by atoms with Crippen LogP contribution in [-0.2, 0) is 6.42 Å². The largest absolute Gasteiger partial charge is 0.494 e. The summed E-state index contributed by atoms with van der Waals surface area (Å²) in [5.41, 5.74) is 1.44. The van der Waals surface area contributed by atoms with Crippen LogP contribution >= 0.6 is 0 Å². The molecule has 0 spiro atoms. The van der Waals surface area contributed by atoms with E-state index in [-0.39, 0.29) is 29.4 Å². The molecule has 6 nitrogen and oxygen atoms in total. The standard InChI is InChI=1S/C19H19FN4O2/c1-2-10-26-16-5-3-4-15(12-16)21-19-22-18(25)17(23-24-19)11-13-6-8-14(20)9-7-13/h3-9,12H,2,10-11H2,1H3,(H2,21,22,24,25). The Morgan fingerprint density at radius 3 is 2.69 bits per heavy atom. The minimum absolute atomic E-state index is 0.241. The number of benzene rings is 2. The van der Waals surface area contributed by atoms with E-state index in [4.69, 9.17) is 4.74 Å². The fourth-order valence-corrected chi connectivity index (χ4v) is 2.35. The first-order valence-corrected chi connectivity index (χ1v) is 8.34. The monoisotopic (exact) mass is 354 g/mol. The van der Waals surface area contributed by atoms with Crippen LogP contribution in [0.15, 0.2) is 53.3 Å². The molecule has 26 heavy (non-hydrogen) atoms. The van der Waals surface area contributed by atoms with Crippen molar-refractivity contribution in [3.8, 4) is 5.75 Å². The quantitative estimate of drug-likeness (QED) is 0.679. The highest BCUT2D eigenvalue weighted by Crippen LogP contribution is 2.19. The summed E-state index contributed by atoms with van der Waals surface area (Å²) in [5.74, 6) is 0.657. The molecule has 134 valence electrons. The van der Waals surface area contributed by atoms with Crippen LogP contribution in [-0.4, -0.2) is 21.8 Å². The summed E-state index contributed by atoms with van der Waals surface area (Å²) in [7, 11) is 0. The average molecular weight is 354 g/mol. The van der Waals surface area contributed by atoms with E-state index in [2.05, 4.69) is 20.5 Å². The Kier molecular flexibility index (Phi) is 5.58. The van der Waals surface area contributed by atoms with Gasteiger partial charge in [0.2, 0.25) is 5.95 Å². The zero-order valence-electron chi connectivity index (χ0n) is 14.3. The maximum Gasteiger partial charge on any atom is 0.274 e. The zero-order chi connectivity index (χ0) is 18.4. The molecule has 3 aromatic rings. The van der Waals surface area contributed by atoms with Gasteiger partial charge in [-0.15, -0.1) is 10.2 Å². The summed E-state index contributed by atoms with van der Waals surface area (Å²) in [4.78, 5) is 14.9. The molecule has 0 fully saturated rings. The SMILES string of the molecule is CCCOc1cccc(Nc2nnc(Cc3ccc(F)cc3)c(=O)[nH]2)c1. The molecule has 0 saturated carbocycles. The molecule has 0 saturated heterocycles. The van der Waals surface area contributed by atoms with Gasteiger partial charge in [0.1, 0.15) is 17.3 Å². The van der Waals surface area contributed by atoms with Gasteiger partial charge in [0, 0.05) is 18.2 Å². The van der Waals surface area contributed by atoms with Gasteiger partial charge in [-0.3, -0.25) is 9.78 Å². The molecule has 7 heteroatoms. The van der Waals surface area contributed by atoms with Crippen LogP contribution < -0.4 is 15.6 Å². The third-order valence-electron chi connectivity index (χ3n) is 3.62. The van der Waals surface area contributed by atoms with Crippen molar-refractivity contribution >= 4 is 11.6 Å². The van der Waals surface area contributed by atoms with E-state index in [9.17, 15) is 9.18 Å². The van der Waals surface area contributed by atoms with Crippen LogP contribution in [0.1, 0.15) is 24.6 Å². The third kappa shape index (κ3) is 4.66. The molecule has 0 aliphatic heterocycles. The van der Waals surface area contributed by atoms with Crippen molar-refractivity contribution in [3.63, 3.8) is 0 Å². The maximum absolute atomic E-state index is 12.9. The molecule has 0 radical (unpaired) electrons. The average Bonchev–Trinajstić information content (AvgIpc) is 2.64. The zero-order valence-corrected chi connectivity index (χ0v) is 14.3. The van der Waals surface area contributed by atoms with E-state index in [1.54, 1.807) is 12.1 Å². The third-order valence-corrected chi connectivity index (χ3v) is 3.62. The fourth-order valence-electron chi connectivity index (χ4n) is 2.35. The summed E-state index contributed by atoms with van der Waals surface area (Å²) < 4.78 is 18.5. The first-order chi connectivity index (χ1) is 12.6. The second-order valence-electron chi connectivity index (χ2n) is 5.75. The number of nitrogens with one attached hydrogen (secondary N) is 2. The van der Waals surface area contributed by atoms with Gasteiger partial charge in [0.25, 0.3) is 5.56 Å². The molecular formula is C19H19FN4O2. The topological polar surface area (TPSA) is 79.9 Å².